The van der Waals surface area contributed by atoms with Gasteiger partial charge in [-0.05, 0) is 11.6 Å². The number of hydrogen-bond donors (Lipinski definition) is 2. The number of alkyl halides is 3. The van der Waals surface area contributed by atoms with Crippen LogP contribution >= 0.6 is 23.2 Å². The highest BCUT2D eigenvalue weighted by atomic mass is 35.5. The Morgan fingerprint density at radius 2 is 2.00 bits per heavy atom. The molecule has 0 aliphatic carbocycles. The molecule has 0 radical (unpaired) electrons. The van der Waals surface area contributed by atoms with Gasteiger partial charge in [-0.25, -0.2) is 9.97 Å². The molecule has 1 unspecified atom stereocenters. The smallest absolute Gasteiger partial charge is 0.366 e. The van der Waals surface area contributed by atoms with Crippen LogP contribution in [0.25, 0.3) is 0 Å². The third kappa shape index (κ3) is 3.37. The number of hydrogen-bond acceptors (Lipinski definition) is 4. The molecule has 4 nitrogen and oxygen atoms in total. The van der Waals surface area contributed by atoms with E-state index >= 15 is 0 Å². The van der Waals surface area contributed by atoms with Crippen LogP contribution < -0.4 is 5.32 Å². The minimum absolute atomic E-state index is 0.202. The van der Waals surface area contributed by atoms with Crippen molar-refractivity contribution in [1.82, 2.24) is 9.97 Å². The molecule has 15 heavy (non-hydrogen) atoms. The molecule has 0 spiro atoms. The summed E-state index contributed by atoms with van der Waals surface area (Å²) in [5.41, 5.74) is -0.258. The number of halogens is 5. The van der Waals surface area contributed by atoms with Gasteiger partial charge in [0.2, 0.25) is 11.5 Å². The van der Waals surface area contributed by atoms with E-state index in [0.717, 1.165) is 6.20 Å². The summed E-state index contributed by atoms with van der Waals surface area (Å²) in [5.74, 6) is 0. The van der Waals surface area contributed by atoms with Crippen molar-refractivity contribution < 1.29 is 18.3 Å². The highest BCUT2D eigenvalue weighted by Gasteiger charge is 2.38. The zero-order valence-corrected chi connectivity index (χ0v) is 8.40. The average molecular weight is 262 g/mol. The first-order valence-electron chi connectivity index (χ1n) is 3.50. The molecule has 84 valence electrons. The van der Waals surface area contributed by atoms with Crippen LogP contribution in [0.1, 0.15) is 0 Å². The van der Waals surface area contributed by atoms with Gasteiger partial charge < -0.3 is 10.4 Å². The predicted molar refractivity (Wildman–Crippen MR) is 47.7 cm³/mol. The van der Waals surface area contributed by atoms with E-state index < -0.39 is 12.4 Å². The molecule has 0 amide bonds. The van der Waals surface area contributed by atoms with Gasteiger partial charge in [0.05, 0.1) is 11.9 Å². The summed E-state index contributed by atoms with van der Waals surface area (Å²) in [6, 6.07) is 0. The molecular weight excluding hydrogens is 258 g/mol. The van der Waals surface area contributed by atoms with Crippen molar-refractivity contribution in [3.05, 3.63) is 16.6 Å². The quantitative estimate of drug-likeness (QED) is 0.486. The summed E-state index contributed by atoms with van der Waals surface area (Å²) >= 11 is 10.8. The number of nitrogens with one attached hydrogen (secondary N) is 1. The van der Waals surface area contributed by atoms with Crippen LogP contribution in [0.2, 0.25) is 10.4 Å². The molecule has 1 aromatic heterocycles. The third-order valence-electron chi connectivity index (χ3n) is 1.32. The minimum atomic E-state index is -4.80. The molecule has 1 rings (SSSR count). The Hall–Kier alpha value is -0.790. The lowest BCUT2D eigenvalue weighted by molar-refractivity contribution is -0.194. The van der Waals surface area contributed by atoms with Crippen molar-refractivity contribution in [2.24, 2.45) is 0 Å². The number of nitrogens with zero attached hydrogens (tertiary/aromatic N) is 2. The molecule has 0 aromatic carbocycles. The summed E-state index contributed by atoms with van der Waals surface area (Å²) < 4.78 is 35.8. The lowest BCUT2D eigenvalue weighted by Gasteiger charge is -2.16. The van der Waals surface area contributed by atoms with E-state index in [9.17, 15) is 13.2 Å². The van der Waals surface area contributed by atoms with Crippen molar-refractivity contribution in [2.75, 3.05) is 5.32 Å². The number of aromatic nitrogens is 2. The van der Waals surface area contributed by atoms with E-state index in [1.165, 1.54) is 0 Å². The normalized spacial score (nSPS) is 13.7. The summed E-state index contributed by atoms with van der Waals surface area (Å²) in [7, 11) is 0. The van der Waals surface area contributed by atoms with Crippen LogP contribution in [-0.2, 0) is 0 Å². The van der Waals surface area contributed by atoms with Gasteiger partial charge in [-0.1, -0.05) is 11.6 Å². The van der Waals surface area contributed by atoms with Gasteiger partial charge in [-0.3, -0.25) is 0 Å². The molecule has 0 bridgehead atoms. The largest absolute Gasteiger partial charge is 0.433 e. The van der Waals surface area contributed by atoms with E-state index in [1.807, 2.05) is 0 Å². The molecule has 2 N–H and O–H groups in total. The zero-order valence-electron chi connectivity index (χ0n) is 6.89. The van der Waals surface area contributed by atoms with Crippen LogP contribution in [0.5, 0.6) is 0 Å². The predicted octanol–water partition coefficient (Wildman–Crippen LogP) is 2.08. The average Bonchev–Trinajstić information content (AvgIpc) is 2.08. The first-order chi connectivity index (χ1) is 6.80. The topological polar surface area (TPSA) is 58.0 Å². The van der Waals surface area contributed by atoms with Crippen molar-refractivity contribution >= 4 is 28.9 Å². The van der Waals surface area contributed by atoms with Crippen LogP contribution in [-0.4, -0.2) is 27.5 Å². The standard InChI is InChI=1S/C6H4Cl2F3N3O/c7-3-2(1-12-5(8)14-3)13-4(15)6(9,10)11/h1,4,13,15H. The van der Waals surface area contributed by atoms with Crippen molar-refractivity contribution in [2.45, 2.75) is 12.4 Å². The fourth-order valence-corrected chi connectivity index (χ4v) is 1.03. The fourth-order valence-electron chi connectivity index (χ4n) is 0.667. The van der Waals surface area contributed by atoms with E-state index in [2.05, 4.69) is 9.97 Å². The molecule has 0 saturated carbocycles. The molecule has 0 aliphatic heterocycles. The second-order valence-electron chi connectivity index (χ2n) is 2.43. The van der Waals surface area contributed by atoms with Gasteiger partial charge in [-0.2, -0.15) is 13.2 Å². The zero-order chi connectivity index (χ0) is 11.6. The number of rotatable bonds is 2. The van der Waals surface area contributed by atoms with Gasteiger partial charge in [-0.15, -0.1) is 0 Å². The number of aliphatic hydroxyl groups excluding tert-OH is 1. The monoisotopic (exact) mass is 261 g/mol. The summed E-state index contributed by atoms with van der Waals surface area (Å²) in [6.45, 7) is 0. The molecule has 0 aliphatic rings. The molecule has 1 aromatic rings. The Morgan fingerprint density at radius 3 is 2.47 bits per heavy atom. The summed E-state index contributed by atoms with van der Waals surface area (Å²) in [4.78, 5) is 6.79. The Labute approximate surface area is 92.0 Å². The summed E-state index contributed by atoms with van der Waals surface area (Å²) in [6.07, 6.45) is -6.60. The fraction of sp³-hybridized carbons (Fsp3) is 0.333. The molecular formula is C6H4Cl2F3N3O. The highest BCUT2D eigenvalue weighted by Crippen LogP contribution is 2.25. The Kier molecular flexibility index (Phi) is 3.58. The van der Waals surface area contributed by atoms with Crippen LogP contribution in [0.3, 0.4) is 0 Å². The highest BCUT2D eigenvalue weighted by molar-refractivity contribution is 6.33. The van der Waals surface area contributed by atoms with Gasteiger partial charge in [0, 0.05) is 0 Å². The van der Waals surface area contributed by atoms with Crippen molar-refractivity contribution in [1.29, 1.82) is 0 Å². The number of anilines is 1. The van der Waals surface area contributed by atoms with E-state index in [0.29, 0.717) is 0 Å². The van der Waals surface area contributed by atoms with Gasteiger partial charge in [0.1, 0.15) is 0 Å². The van der Waals surface area contributed by atoms with E-state index in [4.69, 9.17) is 28.3 Å². The minimum Gasteiger partial charge on any atom is -0.366 e. The second kappa shape index (κ2) is 4.38. The second-order valence-corrected chi connectivity index (χ2v) is 3.13. The van der Waals surface area contributed by atoms with Crippen molar-refractivity contribution in [3.8, 4) is 0 Å². The maximum atomic E-state index is 11.9. The third-order valence-corrected chi connectivity index (χ3v) is 1.79. The Bertz CT molecular complexity index is 360. The van der Waals surface area contributed by atoms with Crippen LogP contribution in [0.15, 0.2) is 6.20 Å². The lowest BCUT2D eigenvalue weighted by Crippen LogP contribution is -2.35. The SMILES string of the molecule is OC(Nc1cnc(Cl)nc1Cl)C(F)(F)F. The molecule has 1 heterocycles. The Morgan fingerprint density at radius 1 is 1.40 bits per heavy atom. The van der Waals surface area contributed by atoms with Gasteiger partial charge >= 0.3 is 6.18 Å². The first kappa shape index (κ1) is 12.3. The van der Waals surface area contributed by atoms with E-state index in [1.54, 1.807) is 5.32 Å². The maximum absolute atomic E-state index is 11.9. The molecule has 0 saturated heterocycles. The maximum Gasteiger partial charge on any atom is 0.433 e. The first-order valence-corrected chi connectivity index (χ1v) is 4.25. The lowest BCUT2D eigenvalue weighted by atomic mass is 10.4. The summed E-state index contributed by atoms with van der Waals surface area (Å²) in [5, 5.41) is 9.83. The van der Waals surface area contributed by atoms with Crippen LogP contribution in [0, 0.1) is 0 Å². The van der Waals surface area contributed by atoms with Crippen molar-refractivity contribution in [3.63, 3.8) is 0 Å². The van der Waals surface area contributed by atoms with E-state index in [-0.39, 0.29) is 16.1 Å². The number of aliphatic hydroxyl groups is 1. The Balaban J connectivity index is 2.82. The molecule has 9 heteroatoms. The molecule has 0 fully saturated rings. The van der Waals surface area contributed by atoms with Gasteiger partial charge in [0.15, 0.2) is 5.15 Å². The van der Waals surface area contributed by atoms with Crippen LogP contribution in [0.4, 0.5) is 18.9 Å². The molecule has 1 atom stereocenters. The van der Waals surface area contributed by atoms with Gasteiger partial charge in [0.25, 0.3) is 0 Å².